The number of aromatic nitrogens is 1. The molecule has 3 heteroatoms. The van der Waals surface area contributed by atoms with Crippen LogP contribution < -0.4 is 5.32 Å². The second-order valence-electron chi connectivity index (χ2n) is 4.72. The van der Waals surface area contributed by atoms with Crippen molar-refractivity contribution in [3.63, 3.8) is 0 Å². The van der Waals surface area contributed by atoms with Gasteiger partial charge in [-0.2, -0.15) is 0 Å². The molecule has 0 saturated heterocycles. The number of aryl methyl sites for hydroxylation is 1. The maximum Gasteiger partial charge on any atom is 0.125 e. The van der Waals surface area contributed by atoms with Gasteiger partial charge in [-0.05, 0) is 50.2 Å². The number of anilines is 1. The number of nitrogens with one attached hydrogen (secondary N) is 1. The van der Waals surface area contributed by atoms with E-state index in [1.165, 1.54) is 18.4 Å². The van der Waals surface area contributed by atoms with E-state index in [1.807, 2.05) is 12.3 Å². The summed E-state index contributed by atoms with van der Waals surface area (Å²) < 4.78 is 0. The van der Waals surface area contributed by atoms with Crippen molar-refractivity contribution < 1.29 is 0 Å². The summed E-state index contributed by atoms with van der Waals surface area (Å²) in [6.07, 6.45) is 6.71. The minimum Gasteiger partial charge on any atom is -0.370 e. The van der Waals surface area contributed by atoms with Gasteiger partial charge in [-0.3, -0.25) is 0 Å². The van der Waals surface area contributed by atoms with Gasteiger partial charge < -0.3 is 5.32 Å². The van der Waals surface area contributed by atoms with E-state index in [-0.39, 0.29) is 0 Å². The first kappa shape index (κ1) is 11.7. The molecule has 1 heterocycles. The lowest BCUT2D eigenvalue weighted by molar-refractivity contribution is 0.377. The monoisotopic (exact) mass is 238 g/mol. The van der Waals surface area contributed by atoms with Gasteiger partial charge >= 0.3 is 0 Å². The number of hydrogen-bond donors (Lipinski definition) is 1. The van der Waals surface area contributed by atoms with Gasteiger partial charge in [-0.1, -0.05) is 6.07 Å². The molecule has 1 aromatic heterocycles. The fraction of sp³-hybridized carbons (Fsp3) is 0.615. The summed E-state index contributed by atoms with van der Waals surface area (Å²) in [5, 5.41) is 3.81. The standard InChI is InChI=1S/C13H19ClN2/c1-10-2-7-13(15-8-10)16-9-11-3-5-12(14)6-4-11/h2,7-8,11-12H,3-6,9H2,1H3,(H,15,16). The second-order valence-corrected chi connectivity index (χ2v) is 5.34. The van der Waals surface area contributed by atoms with Gasteiger partial charge in [0.25, 0.3) is 0 Å². The lowest BCUT2D eigenvalue weighted by Crippen LogP contribution is -2.21. The first-order chi connectivity index (χ1) is 7.74. The normalized spacial score (nSPS) is 25.4. The molecule has 88 valence electrons. The fourth-order valence-corrected chi connectivity index (χ4v) is 2.40. The first-order valence-corrected chi connectivity index (χ1v) is 6.48. The molecule has 2 nitrogen and oxygen atoms in total. The van der Waals surface area contributed by atoms with Crippen LogP contribution in [0.4, 0.5) is 5.82 Å². The van der Waals surface area contributed by atoms with Crippen molar-refractivity contribution >= 4 is 17.4 Å². The quantitative estimate of drug-likeness (QED) is 0.814. The van der Waals surface area contributed by atoms with Gasteiger partial charge in [0.15, 0.2) is 0 Å². The molecule has 0 amide bonds. The number of hydrogen-bond acceptors (Lipinski definition) is 2. The predicted molar refractivity (Wildman–Crippen MR) is 69.1 cm³/mol. The average molecular weight is 239 g/mol. The molecule has 1 aliphatic carbocycles. The molecule has 1 aliphatic rings. The third kappa shape index (κ3) is 3.38. The lowest BCUT2D eigenvalue weighted by Gasteiger charge is -2.25. The minimum absolute atomic E-state index is 0.411. The van der Waals surface area contributed by atoms with Gasteiger partial charge in [-0.25, -0.2) is 4.98 Å². The van der Waals surface area contributed by atoms with E-state index in [0.29, 0.717) is 5.38 Å². The Bertz CT molecular complexity index is 315. The number of nitrogens with zero attached hydrogens (tertiary/aromatic N) is 1. The second kappa shape index (κ2) is 5.53. The molecule has 0 bridgehead atoms. The smallest absolute Gasteiger partial charge is 0.125 e. The number of pyridine rings is 1. The van der Waals surface area contributed by atoms with Crippen molar-refractivity contribution in [3.05, 3.63) is 23.9 Å². The largest absolute Gasteiger partial charge is 0.370 e. The van der Waals surface area contributed by atoms with Crippen molar-refractivity contribution in [1.29, 1.82) is 0 Å². The van der Waals surface area contributed by atoms with Crippen LogP contribution in [-0.2, 0) is 0 Å². The van der Waals surface area contributed by atoms with Crippen LogP contribution in [0.25, 0.3) is 0 Å². The van der Waals surface area contributed by atoms with Crippen molar-refractivity contribution in [2.24, 2.45) is 5.92 Å². The van der Waals surface area contributed by atoms with E-state index in [0.717, 1.165) is 31.1 Å². The maximum absolute atomic E-state index is 6.08. The predicted octanol–water partition coefficient (Wildman–Crippen LogP) is 3.60. The molecule has 1 N–H and O–H groups in total. The Kier molecular flexibility index (Phi) is 4.05. The summed E-state index contributed by atoms with van der Waals surface area (Å²) in [6, 6.07) is 4.13. The van der Waals surface area contributed by atoms with Crippen LogP contribution >= 0.6 is 11.6 Å². The van der Waals surface area contributed by atoms with Gasteiger partial charge in [0, 0.05) is 18.1 Å². The number of halogens is 1. The van der Waals surface area contributed by atoms with Gasteiger partial charge in [-0.15, -0.1) is 11.6 Å². The van der Waals surface area contributed by atoms with E-state index >= 15 is 0 Å². The Balaban J connectivity index is 1.77. The molecule has 0 unspecified atom stereocenters. The molecule has 0 atom stereocenters. The molecular weight excluding hydrogens is 220 g/mol. The van der Waals surface area contributed by atoms with Crippen LogP contribution in [0.5, 0.6) is 0 Å². The minimum atomic E-state index is 0.411. The fourth-order valence-electron chi connectivity index (χ4n) is 2.15. The van der Waals surface area contributed by atoms with E-state index in [2.05, 4.69) is 23.3 Å². The van der Waals surface area contributed by atoms with Crippen molar-refractivity contribution in [2.45, 2.75) is 38.0 Å². The molecular formula is C13H19ClN2. The zero-order valence-corrected chi connectivity index (χ0v) is 10.5. The SMILES string of the molecule is Cc1ccc(NCC2CCC(Cl)CC2)nc1. The lowest BCUT2D eigenvalue weighted by atomic mass is 9.89. The van der Waals surface area contributed by atoms with Crippen molar-refractivity contribution in [3.8, 4) is 0 Å². The van der Waals surface area contributed by atoms with Crippen molar-refractivity contribution in [1.82, 2.24) is 4.98 Å². The highest BCUT2D eigenvalue weighted by Crippen LogP contribution is 2.27. The van der Waals surface area contributed by atoms with Gasteiger partial charge in [0.1, 0.15) is 5.82 Å². The molecule has 0 radical (unpaired) electrons. The zero-order valence-electron chi connectivity index (χ0n) is 9.75. The molecule has 0 spiro atoms. The summed E-state index contributed by atoms with van der Waals surface area (Å²) in [5.41, 5.74) is 1.20. The summed E-state index contributed by atoms with van der Waals surface area (Å²) in [4.78, 5) is 4.34. The molecule has 2 rings (SSSR count). The molecule has 1 aromatic rings. The maximum atomic E-state index is 6.08. The van der Waals surface area contributed by atoms with Crippen LogP contribution in [0.2, 0.25) is 0 Å². The highest BCUT2D eigenvalue weighted by Gasteiger charge is 2.18. The third-order valence-corrected chi connectivity index (χ3v) is 3.70. The zero-order chi connectivity index (χ0) is 11.4. The molecule has 0 aliphatic heterocycles. The van der Waals surface area contributed by atoms with Crippen molar-refractivity contribution in [2.75, 3.05) is 11.9 Å². The summed E-state index contributed by atoms with van der Waals surface area (Å²) in [5.74, 6) is 1.75. The highest BCUT2D eigenvalue weighted by molar-refractivity contribution is 6.20. The van der Waals surface area contributed by atoms with E-state index in [4.69, 9.17) is 11.6 Å². The molecule has 1 saturated carbocycles. The Morgan fingerprint density at radius 1 is 1.31 bits per heavy atom. The van der Waals surface area contributed by atoms with Crippen LogP contribution in [0.1, 0.15) is 31.2 Å². The molecule has 16 heavy (non-hydrogen) atoms. The van der Waals surface area contributed by atoms with E-state index in [1.54, 1.807) is 0 Å². The van der Waals surface area contributed by atoms with Crippen LogP contribution in [-0.4, -0.2) is 16.9 Å². The van der Waals surface area contributed by atoms with Gasteiger partial charge in [0.2, 0.25) is 0 Å². The Hall–Kier alpha value is -0.760. The molecule has 1 fully saturated rings. The Morgan fingerprint density at radius 3 is 2.69 bits per heavy atom. The summed E-state index contributed by atoms with van der Waals surface area (Å²) >= 11 is 6.08. The van der Waals surface area contributed by atoms with Crippen LogP contribution in [0.15, 0.2) is 18.3 Å². The molecule has 0 aromatic carbocycles. The van der Waals surface area contributed by atoms with Gasteiger partial charge in [0.05, 0.1) is 0 Å². The van der Waals surface area contributed by atoms with E-state index in [9.17, 15) is 0 Å². The summed E-state index contributed by atoms with van der Waals surface area (Å²) in [7, 11) is 0. The third-order valence-electron chi connectivity index (χ3n) is 3.26. The van der Waals surface area contributed by atoms with Crippen LogP contribution in [0.3, 0.4) is 0 Å². The summed E-state index contributed by atoms with van der Waals surface area (Å²) in [6.45, 7) is 3.08. The average Bonchev–Trinajstić information content (AvgIpc) is 2.30. The topological polar surface area (TPSA) is 24.9 Å². The first-order valence-electron chi connectivity index (χ1n) is 6.04. The highest BCUT2D eigenvalue weighted by atomic mass is 35.5. The number of alkyl halides is 1. The van der Waals surface area contributed by atoms with Crippen LogP contribution in [0, 0.1) is 12.8 Å². The number of rotatable bonds is 3. The Morgan fingerprint density at radius 2 is 2.06 bits per heavy atom. The Labute approximate surface area is 102 Å². The van der Waals surface area contributed by atoms with E-state index < -0.39 is 0 Å².